The molecular weight excluding hydrogens is 168 g/mol. The summed E-state index contributed by atoms with van der Waals surface area (Å²) in [4.78, 5) is 11.0. The summed E-state index contributed by atoms with van der Waals surface area (Å²) < 4.78 is 5.45. The van der Waals surface area contributed by atoms with Crippen molar-refractivity contribution in [3.8, 4) is 0 Å². The highest BCUT2D eigenvalue weighted by Gasteiger charge is 2.49. The maximum Gasteiger partial charge on any atom is 0.152 e. The predicted molar refractivity (Wildman–Crippen MR) is 47.2 cm³/mol. The quantitative estimate of drug-likeness (QED) is 0.509. The van der Waals surface area contributed by atoms with Crippen LogP contribution in [0.2, 0.25) is 0 Å². The molecule has 2 aliphatic carbocycles. The molecule has 2 rings (SSSR count). The summed E-state index contributed by atoms with van der Waals surface area (Å²) in [7, 11) is 0. The van der Waals surface area contributed by atoms with Crippen LogP contribution >= 0.6 is 0 Å². The lowest BCUT2D eigenvalue weighted by Crippen LogP contribution is -2.39. The Labute approximate surface area is 77.4 Å². The second-order valence-electron chi connectivity index (χ2n) is 3.84. The first kappa shape index (κ1) is 8.91. The third-order valence-corrected chi connectivity index (χ3v) is 3.04. The first-order valence-electron chi connectivity index (χ1n) is 4.70. The van der Waals surface area contributed by atoms with Gasteiger partial charge in [-0.25, -0.2) is 0 Å². The van der Waals surface area contributed by atoms with E-state index < -0.39 is 5.60 Å². The fourth-order valence-corrected chi connectivity index (χ4v) is 2.42. The summed E-state index contributed by atoms with van der Waals surface area (Å²) in [6, 6.07) is 0. The number of carbonyl (C=O) groups is 1. The summed E-state index contributed by atoms with van der Waals surface area (Å²) in [5.74, 6) is 0.746. The van der Waals surface area contributed by atoms with E-state index in [-0.39, 0.29) is 19.1 Å². The predicted octanol–water partition coefficient (Wildman–Crippen LogP) is 0.529. The Morgan fingerprint density at radius 3 is 2.92 bits per heavy atom. The number of ether oxygens (including phenoxy) is 1. The summed E-state index contributed by atoms with van der Waals surface area (Å²) in [6.07, 6.45) is 6.97. The lowest BCUT2D eigenvalue weighted by atomic mass is 9.89. The molecule has 13 heavy (non-hydrogen) atoms. The minimum Gasteiger partial charge on any atom is -0.394 e. The molecule has 3 atom stereocenters. The number of rotatable bonds is 4. The van der Waals surface area contributed by atoms with E-state index in [0.29, 0.717) is 5.92 Å². The Bertz CT molecular complexity index is 236. The highest BCUT2D eigenvalue weighted by molar-refractivity contribution is 5.65. The van der Waals surface area contributed by atoms with Crippen molar-refractivity contribution in [1.29, 1.82) is 0 Å². The van der Waals surface area contributed by atoms with Crippen LogP contribution in [0.5, 0.6) is 0 Å². The van der Waals surface area contributed by atoms with Gasteiger partial charge in [-0.3, -0.25) is 0 Å². The molecule has 2 aliphatic rings. The maximum absolute atomic E-state index is 11.0. The molecule has 72 valence electrons. The van der Waals surface area contributed by atoms with Gasteiger partial charge in [-0.1, -0.05) is 12.2 Å². The second kappa shape index (κ2) is 3.24. The Morgan fingerprint density at radius 2 is 2.46 bits per heavy atom. The largest absolute Gasteiger partial charge is 0.394 e. The molecule has 0 aromatic heterocycles. The van der Waals surface area contributed by atoms with Gasteiger partial charge in [-0.05, 0) is 18.8 Å². The fraction of sp³-hybridized carbons (Fsp3) is 0.700. The van der Waals surface area contributed by atoms with Gasteiger partial charge in [0, 0.05) is 5.92 Å². The van der Waals surface area contributed by atoms with Crippen LogP contribution in [0.3, 0.4) is 0 Å². The third-order valence-electron chi connectivity index (χ3n) is 3.04. The SMILES string of the molecule is O=CC1(OCCO)CC2C=CC1C2. The molecule has 3 heteroatoms. The highest BCUT2D eigenvalue weighted by Crippen LogP contribution is 2.47. The molecule has 1 N–H and O–H groups in total. The summed E-state index contributed by atoms with van der Waals surface area (Å²) >= 11 is 0. The topological polar surface area (TPSA) is 46.5 Å². The van der Waals surface area contributed by atoms with E-state index in [4.69, 9.17) is 9.84 Å². The monoisotopic (exact) mass is 182 g/mol. The molecular formula is C10H14O3. The number of aldehydes is 1. The van der Waals surface area contributed by atoms with Crippen LogP contribution in [0.25, 0.3) is 0 Å². The Balaban J connectivity index is 2.08. The first-order chi connectivity index (χ1) is 6.30. The average molecular weight is 182 g/mol. The molecule has 0 amide bonds. The van der Waals surface area contributed by atoms with E-state index in [9.17, 15) is 4.79 Å². The molecule has 0 aliphatic heterocycles. The standard InChI is InChI=1S/C10H14O3/c11-3-4-13-10(7-12)6-8-1-2-9(10)5-8/h1-2,7-9,11H,3-6H2. The van der Waals surface area contributed by atoms with Gasteiger partial charge in [0.1, 0.15) is 5.60 Å². The minimum atomic E-state index is -0.623. The molecule has 1 fully saturated rings. The van der Waals surface area contributed by atoms with Crippen molar-refractivity contribution in [3.63, 3.8) is 0 Å². The molecule has 1 saturated carbocycles. The van der Waals surface area contributed by atoms with Crippen LogP contribution in [0.1, 0.15) is 12.8 Å². The summed E-state index contributed by atoms with van der Waals surface area (Å²) in [6.45, 7) is 0.243. The zero-order chi connectivity index (χ0) is 9.31. The van der Waals surface area contributed by atoms with Crippen LogP contribution in [-0.2, 0) is 9.53 Å². The van der Waals surface area contributed by atoms with Gasteiger partial charge in [0.2, 0.25) is 0 Å². The van der Waals surface area contributed by atoms with Crippen LogP contribution < -0.4 is 0 Å². The highest BCUT2D eigenvalue weighted by atomic mass is 16.5. The molecule has 2 bridgehead atoms. The van der Waals surface area contributed by atoms with Gasteiger partial charge in [-0.15, -0.1) is 0 Å². The molecule has 3 nitrogen and oxygen atoms in total. The zero-order valence-electron chi connectivity index (χ0n) is 7.48. The third kappa shape index (κ3) is 1.32. The van der Waals surface area contributed by atoms with Gasteiger partial charge in [0.05, 0.1) is 13.2 Å². The molecule has 0 aromatic rings. The average Bonchev–Trinajstić information content (AvgIpc) is 2.74. The number of hydrogen-bond acceptors (Lipinski definition) is 3. The Hall–Kier alpha value is -0.670. The molecule has 0 radical (unpaired) electrons. The van der Waals surface area contributed by atoms with Crippen LogP contribution in [0, 0.1) is 11.8 Å². The Kier molecular flexibility index (Phi) is 2.22. The summed E-state index contributed by atoms with van der Waals surface area (Å²) in [5.41, 5.74) is -0.623. The number of aliphatic hydroxyl groups excluding tert-OH is 1. The maximum atomic E-state index is 11.0. The van der Waals surface area contributed by atoms with E-state index in [1.807, 2.05) is 0 Å². The summed E-state index contributed by atoms with van der Waals surface area (Å²) in [5, 5.41) is 8.65. The number of carbonyl (C=O) groups excluding carboxylic acids is 1. The lowest BCUT2D eigenvalue weighted by Gasteiger charge is -2.29. The Morgan fingerprint density at radius 1 is 1.62 bits per heavy atom. The van der Waals surface area contributed by atoms with E-state index in [2.05, 4.69) is 12.2 Å². The molecule has 0 aromatic carbocycles. The van der Waals surface area contributed by atoms with Gasteiger partial charge >= 0.3 is 0 Å². The molecule has 0 saturated heterocycles. The first-order valence-corrected chi connectivity index (χ1v) is 4.70. The van der Waals surface area contributed by atoms with Gasteiger partial charge in [0.25, 0.3) is 0 Å². The fourth-order valence-electron chi connectivity index (χ4n) is 2.42. The lowest BCUT2D eigenvalue weighted by molar-refractivity contribution is -0.136. The van der Waals surface area contributed by atoms with Crippen molar-refractivity contribution in [3.05, 3.63) is 12.2 Å². The van der Waals surface area contributed by atoms with Crippen molar-refractivity contribution in [2.45, 2.75) is 18.4 Å². The number of fused-ring (bicyclic) bond motifs is 2. The number of aliphatic hydroxyl groups is 1. The second-order valence-corrected chi connectivity index (χ2v) is 3.84. The van der Waals surface area contributed by atoms with Crippen molar-refractivity contribution < 1.29 is 14.6 Å². The molecule has 0 heterocycles. The number of hydrogen-bond donors (Lipinski definition) is 1. The van der Waals surface area contributed by atoms with Crippen LogP contribution in [0.15, 0.2) is 12.2 Å². The van der Waals surface area contributed by atoms with Crippen LogP contribution in [-0.4, -0.2) is 30.2 Å². The van der Waals surface area contributed by atoms with Crippen LogP contribution in [0.4, 0.5) is 0 Å². The van der Waals surface area contributed by atoms with E-state index in [0.717, 1.165) is 19.1 Å². The molecule has 3 unspecified atom stereocenters. The van der Waals surface area contributed by atoms with E-state index in [1.165, 1.54) is 0 Å². The van der Waals surface area contributed by atoms with Gasteiger partial charge in [0.15, 0.2) is 6.29 Å². The van der Waals surface area contributed by atoms with Gasteiger partial charge in [-0.2, -0.15) is 0 Å². The van der Waals surface area contributed by atoms with E-state index >= 15 is 0 Å². The smallest absolute Gasteiger partial charge is 0.152 e. The molecule has 0 spiro atoms. The van der Waals surface area contributed by atoms with Crippen molar-refractivity contribution >= 4 is 6.29 Å². The normalized spacial score (nSPS) is 41.3. The van der Waals surface area contributed by atoms with Crippen molar-refractivity contribution in [2.75, 3.05) is 13.2 Å². The number of allylic oxidation sites excluding steroid dienone is 1. The van der Waals surface area contributed by atoms with Crippen molar-refractivity contribution in [1.82, 2.24) is 0 Å². The van der Waals surface area contributed by atoms with Gasteiger partial charge < -0.3 is 14.6 Å². The van der Waals surface area contributed by atoms with Crippen molar-refractivity contribution in [2.24, 2.45) is 11.8 Å². The zero-order valence-corrected chi connectivity index (χ0v) is 7.48. The van der Waals surface area contributed by atoms with E-state index in [1.54, 1.807) is 0 Å². The minimum absolute atomic E-state index is 0.0172.